The zero-order chi connectivity index (χ0) is 17.8. The third-order valence-corrected chi connectivity index (χ3v) is 5.40. The summed E-state index contributed by atoms with van der Waals surface area (Å²) < 4.78 is 3.55. The molecule has 0 fully saturated rings. The Morgan fingerprint density at radius 3 is 2.72 bits per heavy atom. The summed E-state index contributed by atoms with van der Waals surface area (Å²) in [6, 6.07) is 5.78. The molecule has 3 aromatic heterocycles. The molecule has 0 aliphatic rings. The molecular weight excluding hydrogens is 334 g/mol. The molecule has 3 aromatic rings. The zero-order valence-electron chi connectivity index (χ0n) is 14.8. The van der Waals surface area contributed by atoms with Crippen LogP contribution in [0, 0.1) is 6.92 Å². The van der Waals surface area contributed by atoms with Crippen molar-refractivity contribution in [2.24, 2.45) is 0 Å². The van der Waals surface area contributed by atoms with E-state index in [1.54, 1.807) is 34.6 Å². The number of aryl methyl sites for hydroxylation is 1. The highest BCUT2D eigenvalue weighted by molar-refractivity contribution is 7.17. The quantitative estimate of drug-likeness (QED) is 0.652. The van der Waals surface area contributed by atoms with Crippen molar-refractivity contribution in [3.05, 3.63) is 52.8 Å². The molecule has 3 heterocycles. The first-order chi connectivity index (χ1) is 12.1. The van der Waals surface area contributed by atoms with Gasteiger partial charge in [-0.1, -0.05) is 13.8 Å². The molecule has 0 unspecified atom stereocenters. The molecule has 0 N–H and O–H groups in total. The summed E-state index contributed by atoms with van der Waals surface area (Å²) in [6.45, 7) is 9.58. The Bertz CT molecular complexity index is 877. The summed E-state index contributed by atoms with van der Waals surface area (Å²) >= 11 is 1.64. The zero-order valence-corrected chi connectivity index (χ0v) is 15.7. The van der Waals surface area contributed by atoms with E-state index in [2.05, 4.69) is 34.9 Å². The fourth-order valence-electron chi connectivity index (χ4n) is 2.74. The Morgan fingerprint density at radius 2 is 2.04 bits per heavy atom. The van der Waals surface area contributed by atoms with Crippen LogP contribution < -0.4 is 5.56 Å². The minimum atomic E-state index is -0.0419. The highest BCUT2D eigenvalue weighted by Gasteiger charge is 2.12. The molecule has 7 heteroatoms. The van der Waals surface area contributed by atoms with Crippen molar-refractivity contribution in [3.8, 4) is 15.6 Å². The van der Waals surface area contributed by atoms with E-state index in [-0.39, 0.29) is 5.56 Å². The normalized spacial score (nSPS) is 11.4. The molecule has 0 saturated heterocycles. The average Bonchev–Trinajstić information content (AvgIpc) is 3.28. The summed E-state index contributed by atoms with van der Waals surface area (Å²) in [7, 11) is 0. The minimum Gasteiger partial charge on any atom is -0.302 e. The molecule has 0 spiro atoms. The number of hydrogen-bond acceptors (Lipinski definition) is 5. The van der Waals surface area contributed by atoms with Gasteiger partial charge in [0.15, 0.2) is 0 Å². The van der Waals surface area contributed by atoms with Gasteiger partial charge < -0.3 is 4.90 Å². The van der Waals surface area contributed by atoms with E-state index >= 15 is 0 Å². The number of aromatic nitrogens is 4. The monoisotopic (exact) mass is 357 g/mol. The predicted octanol–water partition coefficient (Wildman–Crippen LogP) is 2.81. The minimum absolute atomic E-state index is 0.0419. The number of rotatable bonds is 7. The molecule has 0 saturated carbocycles. The maximum atomic E-state index is 12.3. The third kappa shape index (κ3) is 3.88. The lowest BCUT2D eigenvalue weighted by molar-refractivity contribution is 0.283. The van der Waals surface area contributed by atoms with Crippen molar-refractivity contribution < 1.29 is 0 Å². The molecule has 0 amide bonds. The predicted molar refractivity (Wildman–Crippen MR) is 101 cm³/mol. The fraction of sp³-hybridized carbons (Fsp3) is 0.389. The smallest absolute Gasteiger partial charge is 0.267 e. The lowest BCUT2D eigenvalue weighted by atomic mass is 10.2. The van der Waals surface area contributed by atoms with E-state index in [0.29, 0.717) is 6.54 Å². The van der Waals surface area contributed by atoms with Gasteiger partial charge in [-0.15, -0.1) is 11.3 Å². The van der Waals surface area contributed by atoms with Crippen molar-refractivity contribution in [2.45, 2.75) is 27.3 Å². The molecule has 0 aromatic carbocycles. The summed E-state index contributed by atoms with van der Waals surface area (Å²) in [4.78, 5) is 19.7. The van der Waals surface area contributed by atoms with E-state index in [0.717, 1.165) is 40.8 Å². The molecule has 3 rings (SSSR count). The first-order valence-corrected chi connectivity index (χ1v) is 9.33. The second-order valence-corrected chi connectivity index (χ2v) is 6.93. The highest BCUT2D eigenvalue weighted by atomic mass is 32.1. The second kappa shape index (κ2) is 7.76. The van der Waals surface area contributed by atoms with E-state index < -0.39 is 0 Å². The van der Waals surface area contributed by atoms with Crippen molar-refractivity contribution >= 4 is 11.3 Å². The van der Waals surface area contributed by atoms with Crippen LogP contribution in [-0.4, -0.2) is 43.9 Å². The first-order valence-electron chi connectivity index (χ1n) is 8.52. The van der Waals surface area contributed by atoms with Gasteiger partial charge in [-0.05, 0) is 37.7 Å². The van der Waals surface area contributed by atoms with Crippen LogP contribution in [0.2, 0.25) is 0 Å². The van der Waals surface area contributed by atoms with Crippen LogP contribution in [0.3, 0.4) is 0 Å². The lowest BCUT2D eigenvalue weighted by Gasteiger charge is -2.18. The van der Waals surface area contributed by atoms with Gasteiger partial charge in [-0.2, -0.15) is 5.10 Å². The van der Waals surface area contributed by atoms with Gasteiger partial charge in [0.05, 0.1) is 17.7 Å². The number of likely N-dealkylation sites (N-methyl/N-ethyl adjacent to an activating group) is 1. The molecule has 0 aliphatic carbocycles. The summed E-state index contributed by atoms with van der Waals surface area (Å²) in [6.07, 6.45) is 5.46. The van der Waals surface area contributed by atoms with Crippen molar-refractivity contribution in [2.75, 3.05) is 19.6 Å². The third-order valence-electron chi connectivity index (χ3n) is 4.30. The maximum Gasteiger partial charge on any atom is 0.267 e. The molecule has 0 radical (unpaired) electrons. The van der Waals surface area contributed by atoms with Crippen LogP contribution >= 0.6 is 11.3 Å². The molecule has 6 nitrogen and oxygen atoms in total. The van der Waals surface area contributed by atoms with Crippen molar-refractivity contribution in [1.82, 2.24) is 24.2 Å². The number of imidazole rings is 1. The maximum absolute atomic E-state index is 12.3. The van der Waals surface area contributed by atoms with Crippen LogP contribution in [0.4, 0.5) is 0 Å². The molecule has 25 heavy (non-hydrogen) atoms. The van der Waals surface area contributed by atoms with Gasteiger partial charge in [0.1, 0.15) is 10.7 Å². The Labute approximate surface area is 151 Å². The van der Waals surface area contributed by atoms with Gasteiger partial charge in [0, 0.05) is 25.0 Å². The molecule has 0 bridgehead atoms. The van der Waals surface area contributed by atoms with Crippen LogP contribution in [0.1, 0.15) is 19.4 Å². The SMILES string of the molecule is CCN(CC)CCn1nc(-c2ccc(-n3ccnc3)s2)c(C)cc1=O. The van der Waals surface area contributed by atoms with Crippen LogP contribution in [0.25, 0.3) is 15.6 Å². The van der Waals surface area contributed by atoms with Crippen LogP contribution in [0.5, 0.6) is 0 Å². The van der Waals surface area contributed by atoms with Gasteiger partial charge in [-0.3, -0.25) is 9.36 Å². The topological polar surface area (TPSA) is 56.0 Å². The van der Waals surface area contributed by atoms with Gasteiger partial charge in [-0.25, -0.2) is 9.67 Å². The molecule has 0 aliphatic heterocycles. The second-order valence-electron chi connectivity index (χ2n) is 5.87. The molecule has 0 atom stereocenters. The van der Waals surface area contributed by atoms with E-state index in [4.69, 9.17) is 0 Å². The van der Waals surface area contributed by atoms with Gasteiger partial charge in [0.2, 0.25) is 0 Å². The Morgan fingerprint density at radius 1 is 1.24 bits per heavy atom. The summed E-state index contributed by atoms with van der Waals surface area (Å²) in [5.41, 5.74) is 1.73. The summed E-state index contributed by atoms with van der Waals surface area (Å²) in [5.74, 6) is 0. The lowest BCUT2D eigenvalue weighted by Crippen LogP contribution is -2.32. The van der Waals surface area contributed by atoms with Crippen LogP contribution in [-0.2, 0) is 6.54 Å². The van der Waals surface area contributed by atoms with E-state index in [1.807, 2.05) is 23.8 Å². The van der Waals surface area contributed by atoms with Crippen molar-refractivity contribution in [1.29, 1.82) is 0 Å². The van der Waals surface area contributed by atoms with Gasteiger partial charge >= 0.3 is 0 Å². The Kier molecular flexibility index (Phi) is 5.45. The molecular formula is C18H23N5OS. The number of hydrogen-bond donors (Lipinski definition) is 0. The van der Waals surface area contributed by atoms with Crippen LogP contribution in [0.15, 0.2) is 41.7 Å². The fourth-order valence-corrected chi connectivity index (χ4v) is 3.75. The molecule has 132 valence electrons. The Hall–Kier alpha value is -2.25. The van der Waals surface area contributed by atoms with E-state index in [9.17, 15) is 4.79 Å². The highest BCUT2D eigenvalue weighted by Crippen LogP contribution is 2.30. The Balaban J connectivity index is 1.89. The summed E-state index contributed by atoms with van der Waals surface area (Å²) in [5, 5.41) is 5.72. The van der Waals surface area contributed by atoms with Crippen molar-refractivity contribution in [3.63, 3.8) is 0 Å². The van der Waals surface area contributed by atoms with E-state index in [1.165, 1.54) is 0 Å². The standard InChI is InChI=1S/C18H23N5OS/c1-4-21(5-2)10-11-23-16(24)12-14(3)18(20-23)15-6-7-17(25-15)22-9-8-19-13-22/h6-9,12-13H,4-5,10-11H2,1-3H3. The first kappa shape index (κ1) is 17.6. The average molecular weight is 357 g/mol. The number of thiophene rings is 1. The largest absolute Gasteiger partial charge is 0.302 e. The number of nitrogens with zero attached hydrogens (tertiary/aromatic N) is 5. The van der Waals surface area contributed by atoms with Gasteiger partial charge in [0.25, 0.3) is 5.56 Å².